The molecule has 2 atom stereocenters. The second kappa shape index (κ2) is 6.89. The minimum atomic E-state index is -0.106. The van der Waals surface area contributed by atoms with Crippen LogP contribution in [-0.2, 0) is 16.1 Å². The first-order chi connectivity index (χ1) is 11.0. The Morgan fingerprint density at radius 1 is 1.22 bits per heavy atom. The molecular formula is C17H22ClN3O2. The van der Waals surface area contributed by atoms with Crippen LogP contribution in [0, 0.1) is 5.92 Å². The number of halogens is 1. The van der Waals surface area contributed by atoms with E-state index in [2.05, 4.69) is 0 Å². The molecule has 2 N–H and O–H groups in total. The van der Waals surface area contributed by atoms with Crippen molar-refractivity contribution >= 4 is 23.4 Å². The van der Waals surface area contributed by atoms with Crippen molar-refractivity contribution < 1.29 is 9.59 Å². The van der Waals surface area contributed by atoms with Crippen LogP contribution in [0.25, 0.3) is 0 Å². The van der Waals surface area contributed by atoms with Crippen molar-refractivity contribution in [3.8, 4) is 0 Å². The summed E-state index contributed by atoms with van der Waals surface area (Å²) in [6, 6.07) is 7.44. The fourth-order valence-corrected chi connectivity index (χ4v) is 3.53. The predicted octanol–water partition coefficient (Wildman–Crippen LogP) is 1.64. The van der Waals surface area contributed by atoms with Gasteiger partial charge in [-0.1, -0.05) is 30.2 Å². The highest BCUT2D eigenvalue weighted by Gasteiger charge is 2.36. The molecule has 2 aliphatic rings. The van der Waals surface area contributed by atoms with Crippen molar-refractivity contribution in [2.45, 2.75) is 31.8 Å². The van der Waals surface area contributed by atoms with Gasteiger partial charge in [0, 0.05) is 30.7 Å². The van der Waals surface area contributed by atoms with E-state index in [1.165, 1.54) is 0 Å². The molecule has 3 rings (SSSR count). The van der Waals surface area contributed by atoms with E-state index in [0.717, 1.165) is 24.8 Å². The SMILES string of the molecule is NC1CCCC1C(=O)N1CCN(Cc2ccc(Cl)cc2)C(=O)C1. The first-order valence-corrected chi connectivity index (χ1v) is 8.49. The Morgan fingerprint density at radius 2 is 1.96 bits per heavy atom. The molecule has 23 heavy (non-hydrogen) atoms. The molecule has 1 aliphatic heterocycles. The number of carbonyl (C=O) groups excluding carboxylic acids is 2. The molecule has 2 fully saturated rings. The number of benzene rings is 1. The normalized spacial score (nSPS) is 25.0. The van der Waals surface area contributed by atoms with Crippen molar-refractivity contribution in [1.82, 2.24) is 9.80 Å². The summed E-state index contributed by atoms with van der Waals surface area (Å²) < 4.78 is 0. The van der Waals surface area contributed by atoms with Crippen LogP contribution in [0.5, 0.6) is 0 Å². The summed E-state index contributed by atoms with van der Waals surface area (Å²) in [5, 5.41) is 0.684. The van der Waals surface area contributed by atoms with Crippen LogP contribution >= 0.6 is 11.6 Å². The zero-order valence-electron chi connectivity index (χ0n) is 13.1. The maximum Gasteiger partial charge on any atom is 0.242 e. The van der Waals surface area contributed by atoms with Crippen LogP contribution in [0.1, 0.15) is 24.8 Å². The third kappa shape index (κ3) is 3.67. The molecule has 0 radical (unpaired) electrons. The average Bonchev–Trinajstić information content (AvgIpc) is 2.97. The van der Waals surface area contributed by atoms with E-state index in [-0.39, 0.29) is 30.3 Å². The molecule has 124 valence electrons. The molecule has 0 spiro atoms. The zero-order valence-corrected chi connectivity index (χ0v) is 13.8. The number of carbonyl (C=O) groups is 2. The lowest BCUT2D eigenvalue weighted by Crippen LogP contribution is -2.54. The quantitative estimate of drug-likeness (QED) is 0.913. The zero-order chi connectivity index (χ0) is 16.4. The van der Waals surface area contributed by atoms with Crippen molar-refractivity contribution in [2.75, 3.05) is 19.6 Å². The smallest absolute Gasteiger partial charge is 0.242 e. The van der Waals surface area contributed by atoms with E-state index in [9.17, 15) is 9.59 Å². The van der Waals surface area contributed by atoms with Crippen LogP contribution in [-0.4, -0.2) is 47.3 Å². The summed E-state index contributed by atoms with van der Waals surface area (Å²) in [5.41, 5.74) is 7.05. The maximum atomic E-state index is 12.5. The van der Waals surface area contributed by atoms with Gasteiger partial charge in [0.05, 0.1) is 12.5 Å². The van der Waals surface area contributed by atoms with Gasteiger partial charge in [-0.25, -0.2) is 0 Å². The second-order valence-electron chi connectivity index (χ2n) is 6.40. The number of piperazine rings is 1. The number of hydrogen-bond donors (Lipinski definition) is 1. The van der Waals surface area contributed by atoms with Crippen molar-refractivity contribution in [1.29, 1.82) is 0 Å². The molecule has 5 nitrogen and oxygen atoms in total. The van der Waals surface area contributed by atoms with Gasteiger partial charge in [-0.05, 0) is 30.5 Å². The van der Waals surface area contributed by atoms with Gasteiger partial charge in [-0.3, -0.25) is 9.59 Å². The first-order valence-electron chi connectivity index (χ1n) is 8.11. The molecule has 1 aromatic rings. The molecule has 0 aromatic heterocycles. The van der Waals surface area contributed by atoms with Crippen LogP contribution in [0.15, 0.2) is 24.3 Å². The van der Waals surface area contributed by atoms with Gasteiger partial charge in [0.25, 0.3) is 0 Å². The third-order valence-corrected chi connectivity index (χ3v) is 5.06. The summed E-state index contributed by atoms with van der Waals surface area (Å²) in [4.78, 5) is 28.3. The highest BCUT2D eigenvalue weighted by atomic mass is 35.5. The standard InChI is InChI=1S/C17H22ClN3O2/c18-13-6-4-12(5-7-13)10-20-8-9-21(11-16(20)22)17(23)14-2-1-3-15(14)19/h4-7,14-15H,1-3,8-11,19H2. The van der Waals surface area contributed by atoms with Crippen LogP contribution in [0.3, 0.4) is 0 Å². The topological polar surface area (TPSA) is 66.6 Å². The Labute approximate surface area is 141 Å². The predicted molar refractivity (Wildman–Crippen MR) is 88.8 cm³/mol. The fraction of sp³-hybridized carbons (Fsp3) is 0.529. The summed E-state index contributed by atoms with van der Waals surface area (Å²) in [6.45, 7) is 1.87. The minimum Gasteiger partial charge on any atom is -0.335 e. The van der Waals surface area contributed by atoms with E-state index in [1.807, 2.05) is 24.3 Å². The Morgan fingerprint density at radius 3 is 2.57 bits per heavy atom. The molecule has 1 saturated carbocycles. The molecule has 1 saturated heterocycles. The minimum absolute atomic E-state index is 0.00822. The Hall–Kier alpha value is -1.59. The highest BCUT2D eigenvalue weighted by Crippen LogP contribution is 2.26. The number of hydrogen-bond acceptors (Lipinski definition) is 3. The van der Waals surface area contributed by atoms with E-state index in [1.54, 1.807) is 9.80 Å². The second-order valence-corrected chi connectivity index (χ2v) is 6.84. The van der Waals surface area contributed by atoms with Crippen molar-refractivity contribution in [3.63, 3.8) is 0 Å². The maximum absolute atomic E-state index is 12.5. The first kappa shape index (κ1) is 16.3. The van der Waals surface area contributed by atoms with Crippen LogP contribution in [0.2, 0.25) is 5.02 Å². The molecule has 0 bridgehead atoms. The van der Waals surface area contributed by atoms with E-state index < -0.39 is 0 Å². The van der Waals surface area contributed by atoms with Gasteiger partial charge in [0.15, 0.2) is 0 Å². The molecule has 1 aliphatic carbocycles. The van der Waals surface area contributed by atoms with E-state index in [4.69, 9.17) is 17.3 Å². The van der Waals surface area contributed by atoms with Crippen molar-refractivity contribution in [3.05, 3.63) is 34.9 Å². The van der Waals surface area contributed by atoms with Gasteiger partial charge < -0.3 is 15.5 Å². The van der Waals surface area contributed by atoms with Gasteiger partial charge in [-0.15, -0.1) is 0 Å². The average molecular weight is 336 g/mol. The van der Waals surface area contributed by atoms with Crippen LogP contribution < -0.4 is 5.73 Å². The Bertz CT molecular complexity index is 590. The third-order valence-electron chi connectivity index (χ3n) is 4.80. The van der Waals surface area contributed by atoms with E-state index in [0.29, 0.717) is 24.7 Å². The lowest BCUT2D eigenvalue weighted by molar-refractivity contribution is -0.148. The monoisotopic (exact) mass is 335 g/mol. The number of nitrogens with zero attached hydrogens (tertiary/aromatic N) is 2. The molecule has 6 heteroatoms. The summed E-state index contributed by atoms with van der Waals surface area (Å²) in [6.07, 6.45) is 2.75. The lowest BCUT2D eigenvalue weighted by atomic mass is 10.0. The number of nitrogens with two attached hydrogens (primary N) is 1. The van der Waals surface area contributed by atoms with Gasteiger partial charge in [0.1, 0.15) is 0 Å². The highest BCUT2D eigenvalue weighted by molar-refractivity contribution is 6.30. The number of amides is 2. The summed E-state index contributed by atoms with van der Waals surface area (Å²) in [5.74, 6) is -0.0637. The number of rotatable bonds is 3. The van der Waals surface area contributed by atoms with Gasteiger partial charge in [0.2, 0.25) is 11.8 Å². The lowest BCUT2D eigenvalue weighted by Gasteiger charge is -2.36. The fourth-order valence-electron chi connectivity index (χ4n) is 3.40. The van der Waals surface area contributed by atoms with Crippen LogP contribution in [0.4, 0.5) is 0 Å². The van der Waals surface area contributed by atoms with Gasteiger partial charge in [-0.2, -0.15) is 0 Å². The molecule has 2 amide bonds. The van der Waals surface area contributed by atoms with E-state index >= 15 is 0 Å². The largest absolute Gasteiger partial charge is 0.335 e. The Balaban J connectivity index is 1.57. The Kier molecular flexibility index (Phi) is 4.87. The molecule has 1 aromatic carbocycles. The molecule has 2 unspecified atom stereocenters. The molecular weight excluding hydrogens is 314 g/mol. The van der Waals surface area contributed by atoms with Gasteiger partial charge >= 0.3 is 0 Å². The van der Waals surface area contributed by atoms with Crippen molar-refractivity contribution in [2.24, 2.45) is 11.7 Å². The summed E-state index contributed by atoms with van der Waals surface area (Å²) >= 11 is 5.88. The molecule has 1 heterocycles. The summed E-state index contributed by atoms with van der Waals surface area (Å²) in [7, 11) is 0.